The van der Waals surface area contributed by atoms with E-state index in [1.807, 2.05) is 0 Å². The van der Waals surface area contributed by atoms with Gasteiger partial charge in [-0.3, -0.25) is 4.72 Å². The number of furan rings is 1. The number of anilines is 1. The number of aryl methyl sites for hydroxylation is 1. The van der Waals surface area contributed by atoms with Crippen LogP contribution in [0.3, 0.4) is 0 Å². The molecular weight excluding hydrogens is 331 g/mol. The van der Waals surface area contributed by atoms with Gasteiger partial charge in [0.1, 0.15) is 5.76 Å². The van der Waals surface area contributed by atoms with Crippen LogP contribution in [-0.4, -0.2) is 8.42 Å². The van der Waals surface area contributed by atoms with Crippen molar-refractivity contribution in [1.29, 1.82) is 0 Å². The van der Waals surface area contributed by atoms with E-state index in [1.54, 1.807) is 6.92 Å². The molecule has 4 nitrogen and oxygen atoms in total. The molecule has 2 rings (SSSR count). The molecule has 0 saturated carbocycles. The van der Waals surface area contributed by atoms with Crippen LogP contribution < -0.4 is 4.72 Å². The average Bonchev–Trinajstić information content (AvgIpc) is 2.78. The molecule has 0 aliphatic rings. The van der Waals surface area contributed by atoms with E-state index in [2.05, 4.69) is 4.72 Å². The Bertz CT molecular complexity index is 768. The molecule has 0 aliphatic carbocycles. The molecule has 1 aromatic carbocycles. The van der Waals surface area contributed by atoms with Gasteiger partial charge in [0.2, 0.25) is 5.09 Å². The first kappa shape index (κ1) is 15.7. The van der Waals surface area contributed by atoms with Crippen LogP contribution in [0.15, 0.2) is 39.8 Å². The van der Waals surface area contributed by atoms with E-state index in [0.29, 0.717) is 11.8 Å². The molecule has 1 heterocycles. The molecule has 0 bridgehead atoms. The summed E-state index contributed by atoms with van der Waals surface area (Å²) in [6, 6.07) is 5.00. The molecule has 0 fully saturated rings. The molecule has 0 aliphatic heterocycles. The third-order valence-electron chi connectivity index (χ3n) is 2.52. The fraction of sp³-hybridized carbons (Fsp3) is 0.167. The van der Waals surface area contributed by atoms with E-state index >= 15 is 0 Å². The Morgan fingerprint density at radius 1 is 1.19 bits per heavy atom. The maximum atomic E-state index is 12.5. The quantitative estimate of drug-likeness (QED) is 0.917. The van der Waals surface area contributed by atoms with Crippen molar-refractivity contribution >= 4 is 27.3 Å². The van der Waals surface area contributed by atoms with E-state index in [1.165, 1.54) is 12.1 Å². The van der Waals surface area contributed by atoms with E-state index in [0.717, 1.165) is 12.1 Å². The maximum absolute atomic E-state index is 12.5. The second-order valence-corrected chi connectivity index (χ2v) is 6.18. The van der Waals surface area contributed by atoms with Crippen LogP contribution in [0.4, 0.5) is 18.9 Å². The summed E-state index contributed by atoms with van der Waals surface area (Å²) in [4.78, 5) is 0. The van der Waals surface area contributed by atoms with Crippen LogP contribution in [-0.2, 0) is 16.2 Å². The van der Waals surface area contributed by atoms with Crippen molar-refractivity contribution in [2.24, 2.45) is 0 Å². The van der Waals surface area contributed by atoms with Gasteiger partial charge in [-0.15, -0.1) is 0 Å². The topological polar surface area (TPSA) is 59.3 Å². The second-order valence-electron chi connectivity index (χ2n) is 4.16. The van der Waals surface area contributed by atoms with E-state index in [9.17, 15) is 21.6 Å². The van der Waals surface area contributed by atoms with Gasteiger partial charge in [-0.2, -0.15) is 21.6 Å². The van der Waals surface area contributed by atoms with Gasteiger partial charge in [0, 0.05) is 0 Å². The largest absolute Gasteiger partial charge is 0.448 e. The molecule has 1 aromatic heterocycles. The minimum atomic E-state index is -4.56. The lowest BCUT2D eigenvalue weighted by Gasteiger charge is -2.11. The van der Waals surface area contributed by atoms with Crippen LogP contribution in [0.1, 0.15) is 11.3 Å². The van der Waals surface area contributed by atoms with Crippen molar-refractivity contribution in [3.8, 4) is 0 Å². The monoisotopic (exact) mass is 339 g/mol. The number of benzene rings is 1. The Labute approximate surface area is 123 Å². The summed E-state index contributed by atoms with van der Waals surface area (Å²) < 4.78 is 68.4. The number of hydrogen-bond donors (Lipinski definition) is 1. The number of hydrogen-bond acceptors (Lipinski definition) is 3. The van der Waals surface area contributed by atoms with Crippen LogP contribution in [0.25, 0.3) is 0 Å². The van der Waals surface area contributed by atoms with E-state index in [-0.39, 0.29) is 15.8 Å². The fourth-order valence-corrected chi connectivity index (χ4v) is 2.87. The van der Waals surface area contributed by atoms with Gasteiger partial charge in [0.15, 0.2) is 0 Å². The highest BCUT2D eigenvalue weighted by molar-refractivity contribution is 7.92. The van der Waals surface area contributed by atoms with Gasteiger partial charge in [-0.05, 0) is 37.3 Å². The van der Waals surface area contributed by atoms with Crippen molar-refractivity contribution in [2.75, 3.05) is 4.72 Å². The van der Waals surface area contributed by atoms with Gasteiger partial charge in [-0.25, -0.2) is 0 Å². The number of alkyl halides is 3. The van der Waals surface area contributed by atoms with Crippen LogP contribution in [0, 0.1) is 6.92 Å². The molecule has 0 atom stereocenters. The Hall–Kier alpha value is -1.67. The first-order valence-electron chi connectivity index (χ1n) is 5.55. The molecule has 0 saturated heterocycles. The molecule has 21 heavy (non-hydrogen) atoms. The number of sulfonamides is 1. The van der Waals surface area contributed by atoms with Crippen molar-refractivity contribution in [2.45, 2.75) is 18.2 Å². The maximum Gasteiger partial charge on any atom is 0.416 e. The molecule has 9 heteroatoms. The fourth-order valence-electron chi connectivity index (χ4n) is 1.53. The van der Waals surface area contributed by atoms with Gasteiger partial charge < -0.3 is 4.42 Å². The highest BCUT2D eigenvalue weighted by atomic mass is 35.5. The summed E-state index contributed by atoms with van der Waals surface area (Å²) in [5.74, 6) is 0.383. The Morgan fingerprint density at radius 3 is 2.33 bits per heavy atom. The summed E-state index contributed by atoms with van der Waals surface area (Å²) in [5.41, 5.74) is -1.14. The van der Waals surface area contributed by atoms with Gasteiger partial charge >= 0.3 is 6.18 Å². The normalized spacial score (nSPS) is 12.4. The lowest BCUT2D eigenvalue weighted by Crippen LogP contribution is -2.13. The Balaban J connectivity index is 2.32. The standard InChI is InChI=1S/C12H9ClF3NO3S/c1-7-2-5-11(20-7)21(18,19)17-10-4-3-8(6-9(10)13)12(14,15)16/h2-6,17H,1H3. The van der Waals surface area contributed by atoms with E-state index < -0.39 is 21.8 Å². The van der Waals surface area contributed by atoms with Gasteiger partial charge in [-0.1, -0.05) is 11.6 Å². The molecule has 114 valence electrons. The average molecular weight is 340 g/mol. The zero-order valence-corrected chi connectivity index (χ0v) is 12.1. The van der Waals surface area contributed by atoms with Crippen molar-refractivity contribution in [3.63, 3.8) is 0 Å². The number of nitrogens with one attached hydrogen (secondary N) is 1. The molecular formula is C12H9ClF3NO3S. The molecule has 2 aromatic rings. The third kappa shape index (κ3) is 3.51. The molecule has 1 N–H and O–H groups in total. The zero-order chi connectivity index (χ0) is 15.8. The highest BCUT2D eigenvalue weighted by Crippen LogP contribution is 2.34. The Kier molecular flexibility index (Phi) is 3.94. The summed E-state index contributed by atoms with van der Waals surface area (Å²) >= 11 is 5.68. The number of halogens is 4. The Morgan fingerprint density at radius 2 is 1.86 bits per heavy atom. The molecule has 0 spiro atoms. The molecule has 0 unspecified atom stereocenters. The summed E-state index contributed by atoms with van der Waals surface area (Å²) in [7, 11) is -4.05. The summed E-state index contributed by atoms with van der Waals surface area (Å²) in [6.07, 6.45) is -4.56. The van der Waals surface area contributed by atoms with Crippen LogP contribution >= 0.6 is 11.6 Å². The minimum absolute atomic E-state index is 0.168. The van der Waals surface area contributed by atoms with Crippen LogP contribution in [0.5, 0.6) is 0 Å². The third-order valence-corrected chi connectivity index (χ3v) is 4.07. The smallest absolute Gasteiger partial charge is 0.416 e. The van der Waals surface area contributed by atoms with Crippen LogP contribution in [0.2, 0.25) is 5.02 Å². The SMILES string of the molecule is Cc1ccc(S(=O)(=O)Nc2ccc(C(F)(F)F)cc2Cl)o1. The number of rotatable bonds is 3. The first-order valence-corrected chi connectivity index (χ1v) is 7.42. The lowest BCUT2D eigenvalue weighted by molar-refractivity contribution is -0.137. The summed E-state index contributed by atoms with van der Waals surface area (Å²) in [5, 5.41) is -0.715. The molecule has 0 radical (unpaired) electrons. The minimum Gasteiger partial charge on any atom is -0.448 e. The van der Waals surface area contributed by atoms with Crippen molar-refractivity contribution in [1.82, 2.24) is 0 Å². The summed E-state index contributed by atoms with van der Waals surface area (Å²) in [6.45, 7) is 1.56. The van der Waals surface area contributed by atoms with Crippen molar-refractivity contribution in [3.05, 3.63) is 46.7 Å². The second kappa shape index (κ2) is 5.27. The predicted octanol–water partition coefficient (Wildman–Crippen LogP) is 4.06. The lowest BCUT2D eigenvalue weighted by atomic mass is 10.2. The van der Waals surface area contributed by atoms with Gasteiger partial charge in [0.05, 0.1) is 16.3 Å². The first-order chi connectivity index (χ1) is 9.59. The predicted molar refractivity (Wildman–Crippen MR) is 70.7 cm³/mol. The van der Waals surface area contributed by atoms with E-state index in [4.69, 9.17) is 16.0 Å². The van der Waals surface area contributed by atoms with Gasteiger partial charge in [0.25, 0.3) is 10.0 Å². The highest BCUT2D eigenvalue weighted by Gasteiger charge is 2.31. The molecule has 0 amide bonds. The zero-order valence-electron chi connectivity index (χ0n) is 10.5. The van der Waals surface area contributed by atoms with Crippen molar-refractivity contribution < 1.29 is 26.0 Å².